The summed E-state index contributed by atoms with van der Waals surface area (Å²) in [5.41, 5.74) is 5.00. The Labute approximate surface area is 194 Å². The van der Waals surface area contributed by atoms with Gasteiger partial charge in [0.2, 0.25) is 11.8 Å². The maximum atomic E-state index is 12.9. The summed E-state index contributed by atoms with van der Waals surface area (Å²) < 4.78 is 0. The Morgan fingerprint density at radius 1 is 1.00 bits per heavy atom. The Morgan fingerprint density at radius 2 is 1.69 bits per heavy atom. The first-order valence-electron chi connectivity index (χ1n) is 11.1. The normalized spacial score (nSPS) is 16.8. The highest BCUT2D eigenvalue weighted by Gasteiger charge is 2.34. The molecule has 0 unspecified atom stereocenters. The van der Waals surface area contributed by atoms with Crippen LogP contribution >= 0.6 is 11.8 Å². The molecule has 1 aliphatic rings. The molecule has 2 amide bonds. The Bertz CT molecular complexity index is 1080. The molecule has 164 valence electrons. The predicted octanol–water partition coefficient (Wildman–Crippen LogP) is 6.16. The van der Waals surface area contributed by atoms with E-state index in [-0.39, 0.29) is 23.1 Å². The molecule has 1 saturated heterocycles. The van der Waals surface area contributed by atoms with Gasteiger partial charge in [-0.1, -0.05) is 74.5 Å². The van der Waals surface area contributed by atoms with Gasteiger partial charge in [-0.25, -0.2) is 0 Å². The lowest BCUT2D eigenvalue weighted by Crippen LogP contribution is -2.28. The number of para-hydroxylation sites is 1. The Morgan fingerprint density at radius 3 is 2.38 bits per heavy atom. The molecule has 5 heteroatoms. The van der Waals surface area contributed by atoms with Gasteiger partial charge in [0, 0.05) is 11.4 Å². The summed E-state index contributed by atoms with van der Waals surface area (Å²) in [7, 11) is 0. The van der Waals surface area contributed by atoms with Crippen LogP contribution in [-0.4, -0.2) is 17.6 Å². The fourth-order valence-electron chi connectivity index (χ4n) is 4.19. The fraction of sp³-hybridized carbons (Fsp3) is 0.259. The van der Waals surface area contributed by atoms with Gasteiger partial charge >= 0.3 is 0 Å². The molecule has 0 radical (unpaired) electrons. The fourth-order valence-corrected chi connectivity index (χ4v) is 5.36. The lowest BCUT2D eigenvalue weighted by atomic mass is 9.95. The summed E-state index contributed by atoms with van der Waals surface area (Å²) >= 11 is 1.64. The van der Waals surface area contributed by atoms with Crippen molar-refractivity contribution < 1.29 is 9.59 Å². The van der Waals surface area contributed by atoms with Crippen LogP contribution in [0.3, 0.4) is 0 Å². The second-order valence-corrected chi connectivity index (χ2v) is 8.96. The number of hydrogen-bond acceptors (Lipinski definition) is 3. The number of amides is 2. The number of hydrogen-bond donors (Lipinski definition) is 1. The van der Waals surface area contributed by atoms with Crippen molar-refractivity contribution in [1.82, 2.24) is 0 Å². The number of carbonyl (C=O) groups excluding carboxylic acids is 2. The lowest BCUT2D eigenvalue weighted by molar-refractivity contribution is -0.118. The van der Waals surface area contributed by atoms with Crippen molar-refractivity contribution in [1.29, 1.82) is 0 Å². The van der Waals surface area contributed by atoms with E-state index in [1.54, 1.807) is 11.8 Å². The minimum Gasteiger partial charge on any atom is -0.326 e. The zero-order valence-electron chi connectivity index (χ0n) is 18.5. The van der Waals surface area contributed by atoms with E-state index in [0.717, 1.165) is 35.3 Å². The first-order valence-corrected chi connectivity index (χ1v) is 12.1. The van der Waals surface area contributed by atoms with Crippen molar-refractivity contribution in [3.05, 3.63) is 95.6 Å². The van der Waals surface area contributed by atoms with Crippen LogP contribution in [0.1, 0.15) is 48.3 Å². The van der Waals surface area contributed by atoms with E-state index < -0.39 is 0 Å². The molecule has 0 bridgehead atoms. The summed E-state index contributed by atoms with van der Waals surface area (Å²) in [6.07, 6.45) is 1.61. The van der Waals surface area contributed by atoms with E-state index in [1.807, 2.05) is 84.6 Å². The summed E-state index contributed by atoms with van der Waals surface area (Å²) in [4.78, 5) is 27.5. The average Bonchev–Trinajstić information content (AvgIpc) is 3.21. The second-order valence-electron chi connectivity index (χ2n) is 7.89. The number of nitrogens with one attached hydrogen (secondary N) is 1. The first kappa shape index (κ1) is 22.2. The van der Waals surface area contributed by atoms with Crippen LogP contribution in [-0.2, 0) is 16.0 Å². The number of carbonyl (C=O) groups is 2. The van der Waals surface area contributed by atoms with E-state index in [4.69, 9.17) is 0 Å². The van der Waals surface area contributed by atoms with Crippen LogP contribution in [0, 0.1) is 0 Å². The molecule has 1 heterocycles. The molecule has 0 aromatic heterocycles. The van der Waals surface area contributed by atoms with Crippen LogP contribution in [0.5, 0.6) is 0 Å². The van der Waals surface area contributed by atoms with Crippen LogP contribution in [0.2, 0.25) is 0 Å². The van der Waals surface area contributed by atoms with Crippen molar-refractivity contribution in [2.75, 3.05) is 16.0 Å². The molecule has 2 atom stereocenters. The minimum atomic E-state index is -0.181. The number of thioether (sulfide) groups is 1. The third-order valence-electron chi connectivity index (χ3n) is 5.89. The third-order valence-corrected chi connectivity index (χ3v) is 7.10. The number of nitrogens with zero attached hydrogens (tertiary/aromatic N) is 1. The smallest absolute Gasteiger partial charge is 0.238 e. The molecule has 1 aliphatic heterocycles. The molecule has 32 heavy (non-hydrogen) atoms. The largest absolute Gasteiger partial charge is 0.326 e. The van der Waals surface area contributed by atoms with Gasteiger partial charge in [-0.3, -0.25) is 14.5 Å². The van der Waals surface area contributed by atoms with Crippen molar-refractivity contribution in [2.24, 2.45) is 0 Å². The highest BCUT2D eigenvalue weighted by molar-refractivity contribution is 8.00. The van der Waals surface area contributed by atoms with Gasteiger partial charge in [-0.2, -0.15) is 0 Å². The molecule has 4 nitrogen and oxygen atoms in total. The van der Waals surface area contributed by atoms with Gasteiger partial charge < -0.3 is 5.32 Å². The molecule has 4 rings (SSSR count). The zero-order valence-corrected chi connectivity index (χ0v) is 19.3. The predicted molar refractivity (Wildman–Crippen MR) is 133 cm³/mol. The molecule has 1 N–H and O–H groups in total. The second kappa shape index (κ2) is 10.0. The molecular weight excluding hydrogens is 416 g/mol. The summed E-state index contributed by atoms with van der Waals surface area (Å²) in [5.74, 6) is 0.415. The molecule has 0 spiro atoms. The van der Waals surface area contributed by atoms with Crippen molar-refractivity contribution in [3.8, 4) is 0 Å². The van der Waals surface area contributed by atoms with Gasteiger partial charge in [0.05, 0.1) is 11.7 Å². The van der Waals surface area contributed by atoms with Gasteiger partial charge in [0.25, 0.3) is 0 Å². The minimum absolute atomic E-state index is 0.00429. The first-order chi connectivity index (χ1) is 15.6. The number of benzene rings is 3. The van der Waals surface area contributed by atoms with Crippen LogP contribution < -0.4 is 10.2 Å². The molecule has 0 aliphatic carbocycles. The van der Waals surface area contributed by atoms with Crippen LogP contribution in [0.25, 0.3) is 0 Å². The molecule has 0 saturated carbocycles. The third kappa shape index (κ3) is 4.58. The maximum absolute atomic E-state index is 12.9. The van der Waals surface area contributed by atoms with Crippen molar-refractivity contribution in [2.45, 2.75) is 38.0 Å². The monoisotopic (exact) mass is 444 g/mol. The lowest BCUT2D eigenvalue weighted by Gasteiger charge is -2.26. The van der Waals surface area contributed by atoms with Crippen LogP contribution in [0.15, 0.2) is 78.9 Å². The van der Waals surface area contributed by atoms with Gasteiger partial charge in [-0.15, -0.1) is 11.8 Å². The van der Waals surface area contributed by atoms with E-state index in [2.05, 4.69) is 18.3 Å². The maximum Gasteiger partial charge on any atom is 0.238 e. The topological polar surface area (TPSA) is 49.4 Å². The van der Waals surface area contributed by atoms with Crippen LogP contribution in [0.4, 0.5) is 11.4 Å². The molecule has 3 aromatic carbocycles. The Balaban J connectivity index is 1.52. The van der Waals surface area contributed by atoms with Gasteiger partial charge in [0.1, 0.15) is 5.37 Å². The standard InChI is InChI=1S/C27H28N2O2S/c1-3-19-10-8-9-13-24(19)29-25(30)18-32-27(29)21-14-16-22(17-15-21)28-26(31)23(4-2)20-11-6-5-7-12-20/h5-17,23,27H,3-4,18H2,1-2H3,(H,28,31)/t23-,27+/m1/s1. The summed E-state index contributed by atoms with van der Waals surface area (Å²) in [5, 5.41) is 2.99. The molecule has 1 fully saturated rings. The molecular formula is C27H28N2O2S. The van der Waals surface area contributed by atoms with Crippen molar-refractivity contribution >= 4 is 35.0 Å². The summed E-state index contributed by atoms with van der Waals surface area (Å²) in [6, 6.07) is 25.9. The van der Waals surface area contributed by atoms with E-state index >= 15 is 0 Å². The van der Waals surface area contributed by atoms with E-state index in [9.17, 15) is 9.59 Å². The average molecular weight is 445 g/mol. The number of rotatable bonds is 7. The number of aryl methyl sites for hydroxylation is 1. The van der Waals surface area contributed by atoms with E-state index in [0.29, 0.717) is 5.75 Å². The SMILES string of the molecule is CCc1ccccc1N1C(=O)CS[C@H]1c1ccc(NC(=O)[C@H](CC)c2ccccc2)cc1. The highest BCUT2D eigenvalue weighted by Crippen LogP contribution is 2.43. The Kier molecular flexibility index (Phi) is 6.96. The Hall–Kier alpha value is -3.05. The quantitative estimate of drug-likeness (QED) is 0.475. The van der Waals surface area contributed by atoms with Gasteiger partial charge in [0.15, 0.2) is 0 Å². The van der Waals surface area contributed by atoms with E-state index in [1.165, 1.54) is 5.56 Å². The summed E-state index contributed by atoms with van der Waals surface area (Å²) in [6.45, 7) is 4.13. The zero-order chi connectivity index (χ0) is 22.5. The van der Waals surface area contributed by atoms with Crippen molar-refractivity contribution in [3.63, 3.8) is 0 Å². The molecule has 3 aromatic rings. The highest BCUT2D eigenvalue weighted by atomic mass is 32.2. The van der Waals surface area contributed by atoms with Gasteiger partial charge in [-0.05, 0) is 47.7 Å². The number of anilines is 2.